The molecule has 7 heteroatoms. The number of fused-ring (bicyclic) bond motifs is 1. The fourth-order valence-electron chi connectivity index (χ4n) is 1.83. The van der Waals surface area contributed by atoms with Crippen molar-refractivity contribution in [1.82, 2.24) is 15.0 Å². The lowest BCUT2D eigenvalue weighted by atomic mass is 10.1. The normalized spacial score (nSPS) is 10.6. The lowest BCUT2D eigenvalue weighted by Gasteiger charge is -2.06. The molecule has 0 saturated heterocycles. The van der Waals surface area contributed by atoms with E-state index in [9.17, 15) is 5.11 Å². The summed E-state index contributed by atoms with van der Waals surface area (Å²) < 4.78 is 10.4. The Labute approximate surface area is 125 Å². The van der Waals surface area contributed by atoms with Crippen molar-refractivity contribution in [2.24, 2.45) is 0 Å². The van der Waals surface area contributed by atoms with Crippen molar-refractivity contribution in [3.63, 3.8) is 0 Å². The number of aromatic nitrogens is 3. The summed E-state index contributed by atoms with van der Waals surface area (Å²) in [5.41, 5.74) is 0. The van der Waals surface area contributed by atoms with Crippen LogP contribution in [-0.4, -0.2) is 27.2 Å². The van der Waals surface area contributed by atoms with Crippen molar-refractivity contribution in [2.45, 2.75) is 0 Å². The fourth-order valence-corrected chi connectivity index (χ4v) is 1.98. The van der Waals surface area contributed by atoms with Crippen LogP contribution >= 0.6 is 11.6 Å². The lowest BCUT2D eigenvalue weighted by molar-refractivity contribution is 0.359. The second-order valence-corrected chi connectivity index (χ2v) is 4.51. The first-order chi connectivity index (χ1) is 10.1. The van der Waals surface area contributed by atoms with Crippen molar-refractivity contribution in [2.75, 3.05) is 7.11 Å². The monoisotopic (exact) mass is 303 g/mol. The maximum absolute atomic E-state index is 9.51. The highest BCUT2D eigenvalue weighted by Gasteiger charge is 2.08. The van der Waals surface area contributed by atoms with Gasteiger partial charge in [-0.05, 0) is 46.6 Å². The molecule has 6 nitrogen and oxygen atoms in total. The molecule has 0 spiro atoms. The summed E-state index contributed by atoms with van der Waals surface area (Å²) in [6.45, 7) is 0. The Balaban J connectivity index is 1.96. The summed E-state index contributed by atoms with van der Waals surface area (Å²) in [6.07, 6.45) is 0. The minimum Gasteiger partial charge on any atom is -0.508 e. The number of hydrogen-bond acceptors (Lipinski definition) is 6. The summed E-state index contributed by atoms with van der Waals surface area (Å²) >= 11 is 5.76. The molecule has 0 unspecified atom stereocenters. The van der Waals surface area contributed by atoms with Crippen LogP contribution in [0.4, 0.5) is 0 Å². The number of phenolic OH excluding ortho intramolecular Hbond substituents is 1. The van der Waals surface area contributed by atoms with Gasteiger partial charge >= 0.3 is 12.0 Å². The van der Waals surface area contributed by atoms with Crippen molar-refractivity contribution in [3.05, 3.63) is 41.7 Å². The minimum absolute atomic E-state index is 0.0183. The first-order valence-electron chi connectivity index (χ1n) is 6.00. The van der Waals surface area contributed by atoms with Crippen LogP contribution in [0.2, 0.25) is 5.28 Å². The van der Waals surface area contributed by atoms with Crippen molar-refractivity contribution < 1.29 is 14.6 Å². The molecule has 0 fully saturated rings. The Morgan fingerprint density at radius 1 is 0.952 bits per heavy atom. The molecule has 0 bridgehead atoms. The van der Waals surface area contributed by atoms with E-state index in [0.29, 0.717) is 5.75 Å². The highest BCUT2D eigenvalue weighted by Crippen LogP contribution is 2.27. The molecule has 0 aliphatic carbocycles. The van der Waals surface area contributed by atoms with E-state index in [1.165, 1.54) is 7.11 Å². The quantitative estimate of drug-likeness (QED) is 0.800. The standard InChI is InChI=1S/C14H10ClN3O3/c1-20-13-16-12(15)17-14(18-13)21-11-5-3-8-2-4-10(19)6-9(8)7-11/h2-7,19H,1H3. The first kappa shape index (κ1) is 13.4. The number of aromatic hydroxyl groups is 1. The number of ether oxygens (including phenoxy) is 2. The minimum atomic E-state index is -0.0183. The van der Waals surface area contributed by atoms with E-state index >= 15 is 0 Å². The first-order valence-corrected chi connectivity index (χ1v) is 6.38. The third kappa shape index (κ3) is 2.95. The molecular weight excluding hydrogens is 294 g/mol. The molecule has 3 aromatic rings. The maximum Gasteiger partial charge on any atom is 0.329 e. The molecule has 0 saturated carbocycles. The molecule has 0 aliphatic heterocycles. The fraction of sp³-hybridized carbons (Fsp3) is 0.0714. The number of nitrogens with zero attached hydrogens (tertiary/aromatic N) is 3. The van der Waals surface area contributed by atoms with E-state index in [2.05, 4.69) is 15.0 Å². The van der Waals surface area contributed by atoms with Crippen LogP contribution in [-0.2, 0) is 0 Å². The van der Waals surface area contributed by atoms with Gasteiger partial charge in [0.25, 0.3) is 0 Å². The van der Waals surface area contributed by atoms with E-state index < -0.39 is 0 Å². The van der Waals surface area contributed by atoms with Crippen LogP contribution in [0.3, 0.4) is 0 Å². The van der Waals surface area contributed by atoms with Crippen LogP contribution in [0.1, 0.15) is 0 Å². The van der Waals surface area contributed by atoms with E-state index in [0.717, 1.165) is 10.8 Å². The van der Waals surface area contributed by atoms with Gasteiger partial charge in [-0.3, -0.25) is 0 Å². The smallest absolute Gasteiger partial charge is 0.329 e. The summed E-state index contributed by atoms with van der Waals surface area (Å²) in [6, 6.07) is 10.6. The van der Waals surface area contributed by atoms with Gasteiger partial charge in [-0.15, -0.1) is 4.98 Å². The second kappa shape index (κ2) is 5.41. The highest BCUT2D eigenvalue weighted by atomic mass is 35.5. The Hall–Kier alpha value is -2.60. The van der Waals surface area contributed by atoms with Crippen LogP contribution in [0.15, 0.2) is 36.4 Å². The number of hydrogen-bond donors (Lipinski definition) is 1. The van der Waals surface area contributed by atoms with Crippen LogP contribution < -0.4 is 9.47 Å². The summed E-state index contributed by atoms with van der Waals surface area (Å²) in [7, 11) is 1.42. The summed E-state index contributed by atoms with van der Waals surface area (Å²) in [5, 5.41) is 11.3. The number of phenols is 1. The van der Waals surface area contributed by atoms with Gasteiger partial charge in [0.05, 0.1) is 7.11 Å². The largest absolute Gasteiger partial charge is 0.508 e. The predicted molar refractivity (Wildman–Crippen MR) is 77.1 cm³/mol. The van der Waals surface area contributed by atoms with E-state index in [1.807, 2.05) is 12.1 Å². The third-order valence-corrected chi connectivity index (χ3v) is 2.92. The van der Waals surface area contributed by atoms with E-state index in [-0.39, 0.29) is 23.1 Å². The lowest BCUT2D eigenvalue weighted by Crippen LogP contribution is -1.98. The molecule has 2 aromatic carbocycles. The zero-order valence-electron chi connectivity index (χ0n) is 10.9. The Kier molecular flexibility index (Phi) is 3.45. The van der Waals surface area contributed by atoms with Crippen LogP contribution in [0, 0.1) is 0 Å². The molecule has 0 aliphatic rings. The SMILES string of the molecule is COc1nc(Cl)nc(Oc2ccc3ccc(O)cc3c2)n1. The Bertz CT molecular complexity index is 811. The second-order valence-electron chi connectivity index (χ2n) is 4.17. The zero-order chi connectivity index (χ0) is 14.8. The summed E-state index contributed by atoms with van der Waals surface area (Å²) in [5.74, 6) is 0.696. The molecule has 0 atom stereocenters. The molecule has 3 rings (SSSR count). The van der Waals surface area contributed by atoms with Crippen molar-refractivity contribution in [1.29, 1.82) is 0 Å². The van der Waals surface area contributed by atoms with Crippen LogP contribution in [0.25, 0.3) is 10.8 Å². The summed E-state index contributed by atoms with van der Waals surface area (Å²) in [4.78, 5) is 11.6. The van der Waals surface area contributed by atoms with Gasteiger partial charge in [0, 0.05) is 0 Å². The Morgan fingerprint density at radius 2 is 1.71 bits per heavy atom. The van der Waals surface area contributed by atoms with Gasteiger partial charge in [0.15, 0.2) is 0 Å². The average Bonchev–Trinajstić information content (AvgIpc) is 2.46. The van der Waals surface area contributed by atoms with Gasteiger partial charge in [-0.2, -0.15) is 9.97 Å². The number of halogens is 1. The van der Waals surface area contributed by atoms with Crippen molar-refractivity contribution >= 4 is 22.4 Å². The number of benzene rings is 2. The molecule has 1 N–H and O–H groups in total. The van der Waals surface area contributed by atoms with Gasteiger partial charge < -0.3 is 14.6 Å². The number of rotatable bonds is 3. The predicted octanol–water partition coefficient (Wildman–Crippen LogP) is 3.18. The van der Waals surface area contributed by atoms with Gasteiger partial charge in [-0.25, -0.2) is 0 Å². The molecule has 1 heterocycles. The topological polar surface area (TPSA) is 77.4 Å². The molecular formula is C14H10ClN3O3. The molecule has 0 amide bonds. The molecule has 21 heavy (non-hydrogen) atoms. The Morgan fingerprint density at radius 3 is 2.52 bits per heavy atom. The highest BCUT2D eigenvalue weighted by molar-refractivity contribution is 6.28. The third-order valence-electron chi connectivity index (χ3n) is 2.75. The maximum atomic E-state index is 9.51. The molecule has 0 radical (unpaired) electrons. The molecule has 1 aromatic heterocycles. The van der Waals surface area contributed by atoms with Gasteiger partial charge in [0.2, 0.25) is 5.28 Å². The van der Waals surface area contributed by atoms with E-state index in [1.54, 1.807) is 24.3 Å². The number of methoxy groups -OCH3 is 1. The van der Waals surface area contributed by atoms with Crippen molar-refractivity contribution in [3.8, 4) is 23.5 Å². The van der Waals surface area contributed by atoms with Gasteiger partial charge in [0.1, 0.15) is 11.5 Å². The van der Waals surface area contributed by atoms with E-state index in [4.69, 9.17) is 21.1 Å². The zero-order valence-corrected chi connectivity index (χ0v) is 11.7. The molecule has 106 valence electrons. The van der Waals surface area contributed by atoms with Gasteiger partial charge in [-0.1, -0.05) is 12.1 Å². The van der Waals surface area contributed by atoms with Crippen LogP contribution in [0.5, 0.6) is 23.5 Å². The average molecular weight is 304 g/mol.